The molecule has 1 aromatic carbocycles. The quantitative estimate of drug-likeness (QED) is 0.869. The van der Waals surface area contributed by atoms with Gasteiger partial charge in [0.15, 0.2) is 0 Å². The van der Waals surface area contributed by atoms with Gasteiger partial charge in [0.1, 0.15) is 5.82 Å². The number of halogens is 1. The fraction of sp³-hybridized carbons (Fsp3) is 0.444. The highest BCUT2D eigenvalue weighted by molar-refractivity contribution is 5.78. The van der Waals surface area contributed by atoms with E-state index in [9.17, 15) is 9.18 Å². The molecule has 1 aromatic heterocycles. The van der Waals surface area contributed by atoms with E-state index in [1.54, 1.807) is 12.1 Å². The number of nitrogens with zero attached hydrogens (tertiary/aromatic N) is 3. The Kier molecular flexibility index (Phi) is 4.20. The van der Waals surface area contributed by atoms with Crippen LogP contribution in [0.1, 0.15) is 41.4 Å². The molecule has 1 atom stereocenters. The minimum atomic E-state index is -0.242. The molecule has 0 unspecified atom stereocenters. The van der Waals surface area contributed by atoms with E-state index in [0.717, 1.165) is 36.3 Å². The maximum Gasteiger partial charge on any atom is 0.223 e. The Bertz CT molecular complexity index is 721. The second-order valence-corrected chi connectivity index (χ2v) is 6.22. The average Bonchev–Trinajstić information content (AvgIpc) is 2.71. The van der Waals surface area contributed by atoms with E-state index in [0.29, 0.717) is 6.42 Å². The Morgan fingerprint density at radius 1 is 1.30 bits per heavy atom. The summed E-state index contributed by atoms with van der Waals surface area (Å²) < 4.78 is 14.9. The van der Waals surface area contributed by atoms with Gasteiger partial charge in [-0.15, -0.1) is 0 Å². The molecule has 0 N–H and O–H groups in total. The fourth-order valence-corrected chi connectivity index (χ4v) is 3.27. The first-order valence-electron chi connectivity index (χ1n) is 8.01. The molecule has 1 saturated heterocycles. The predicted molar refractivity (Wildman–Crippen MR) is 86.5 cm³/mol. The molecule has 5 heteroatoms. The van der Waals surface area contributed by atoms with Crippen LogP contribution in [0, 0.1) is 19.7 Å². The van der Waals surface area contributed by atoms with Crippen LogP contribution in [0.3, 0.4) is 0 Å². The van der Waals surface area contributed by atoms with Crippen molar-refractivity contribution in [3.05, 3.63) is 52.6 Å². The van der Waals surface area contributed by atoms with Crippen molar-refractivity contribution in [2.45, 2.75) is 39.2 Å². The van der Waals surface area contributed by atoms with Crippen molar-refractivity contribution < 1.29 is 9.18 Å². The third kappa shape index (κ3) is 3.00. The van der Waals surface area contributed by atoms with Crippen molar-refractivity contribution in [3.8, 4) is 0 Å². The van der Waals surface area contributed by atoms with Crippen LogP contribution in [0.2, 0.25) is 0 Å². The summed E-state index contributed by atoms with van der Waals surface area (Å²) in [6, 6.07) is 6.56. The Hall–Kier alpha value is -2.17. The van der Waals surface area contributed by atoms with Gasteiger partial charge in [-0.2, -0.15) is 5.10 Å². The first-order chi connectivity index (χ1) is 11.0. The molecular weight excluding hydrogens is 293 g/mol. The van der Waals surface area contributed by atoms with Crippen molar-refractivity contribution in [1.82, 2.24) is 14.7 Å². The van der Waals surface area contributed by atoms with Crippen molar-refractivity contribution in [2.75, 3.05) is 6.54 Å². The van der Waals surface area contributed by atoms with E-state index in [1.807, 2.05) is 30.5 Å². The van der Waals surface area contributed by atoms with Crippen LogP contribution in [-0.2, 0) is 18.3 Å². The zero-order valence-corrected chi connectivity index (χ0v) is 13.8. The number of hydrogen-bond acceptors (Lipinski definition) is 2. The molecule has 3 rings (SSSR count). The lowest BCUT2D eigenvalue weighted by Gasteiger charge is -2.41. The summed E-state index contributed by atoms with van der Waals surface area (Å²) in [4.78, 5) is 14.4. The molecule has 2 aromatic rings. The van der Waals surface area contributed by atoms with E-state index in [-0.39, 0.29) is 17.8 Å². The van der Waals surface area contributed by atoms with Gasteiger partial charge in [0.25, 0.3) is 0 Å². The minimum absolute atomic E-state index is 0.0965. The molecule has 23 heavy (non-hydrogen) atoms. The standard InChI is InChI=1S/C18H22FN3O/c1-12-16(13(2)21(3)20-12)8-9-18(23)22-11-10-17(22)14-4-6-15(19)7-5-14/h4-7,17H,8-11H2,1-3H3/t17-/m0/s1. The van der Waals surface area contributed by atoms with Crippen molar-refractivity contribution in [2.24, 2.45) is 7.05 Å². The molecule has 0 saturated carbocycles. The Morgan fingerprint density at radius 2 is 2.00 bits per heavy atom. The molecular formula is C18H22FN3O. The van der Waals surface area contributed by atoms with Crippen LogP contribution in [-0.4, -0.2) is 27.1 Å². The molecule has 1 amide bonds. The van der Waals surface area contributed by atoms with Gasteiger partial charge in [0, 0.05) is 25.7 Å². The zero-order valence-electron chi connectivity index (χ0n) is 13.8. The first-order valence-corrected chi connectivity index (χ1v) is 8.01. The molecule has 0 bridgehead atoms. The highest BCUT2D eigenvalue weighted by atomic mass is 19.1. The largest absolute Gasteiger partial charge is 0.335 e. The maximum absolute atomic E-state index is 13.0. The monoisotopic (exact) mass is 315 g/mol. The lowest BCUT2D eigenvalue weighted by molar-refractivity contribution is -0.139. The molecule has 1 fully saturated rings. The second kappa shape index (κ2) is 6.14. The number of carbonyl (C=O) groups is 1. The van der Waals surface area contributed by atoms with E-state index < -0.39 is 0 Å². The molecule has 4 nitrogen and oxygen atoms in total. The van der Waals surface area contributed by atoms with Gasteiger partial charge in [-0.1, -0.05) is 12.1 Å². The van der Waals surface area contributed by atoms with Crippen molar-refractivity contribution in [1.29, 1.82) is 0 Å². The van der Waals surface area contributed by atoms with Gasteiger partial charge in [-0.05, 0) is 49.9 Å². The van der Waals surface area contributed by atoms with Gasteiger partial charge in [-0.25, -0.2) is 4.39 Å². The molecule has 2 heterocycles. The summed E-state index contributed by atoms with van der Waals surface area (Å²) in [6.07, 6.45) is 2.16. The SMILES string of the molecule is Cc1nn(C)c(C)c1CCC(=O)N1CC[C@H]1c1ccc(F)cc1. The van der Waals surface area contributed by atoms with Crippen LogP contribution in [0.5, 0.6) is 0 Å². The predicted octanol–water partition coefficient (Wildman–Crippen LogP) is 3.08. The highest BCUT2D eigenvalue weighted by Crippen LogP contribution is 2.34. The topological polar surface area (TPSA) is 38.1 Å². The summed E-state index contributed by atoms with van der Waals surface area (Å²) in [5, 5.41) is 4.39. The molecule has 1 aliphatic heterocycles. The van der Waals surface area contributed by atoms with Crippen LogP contribution in [0.25, 0.3) is 0 Å². The Labute approximate surface area is 135 Å². The van der Waals surface area contributed by atoms with Gasteiger partial charge < -0.3 is 4.90 Å². The number of amides is 1. The van der Waals surface area contributed by atoms with Gasteiger partial charge in [0.05, 0.1) is 11.7 Å². The molecule has 122 valence electrons. The number of likely N-dealkylation sites (tertiary alicyclic amines) is 1. The number of rotatable bonds is 4. The zero-order chi connectivity index (χ0) is 16.6. The lowest BCUT2D eigenvalue weighted by atomic mass is 9.93. The molecule has 0 spiro atoms. The highest BCUT2D eigenvalue weighted by Gasteiger charge is 2.33. The Morgan fingerprint density at radius 3 is 2.52 bits per heavy atom. The molecule has 0 aliphatic carbocycles. The van der Waals surface area contributed by atoms with E-state index in [1.165, 1.54) is 17.7 Å². The third-order valence-corrected chi connectivity index (χ3v) is 4.84. The number of carbonyl (C=O) groups excluding carboxylic acids is 1. The molecule has 1 aliphatic rings. The minimum Gasteiger partial charge on any atom is -0.335 e. The maximum atomic E-state index is 13.0. The van der Waals surface area contributed by atoms with Crippen LogP contribution >= 0.6 is 0 Å². The molecule has 0 radical (unpaired) electrons. The average molecular weight is 315 g/mol. The summed E-state index contributed by atoms with van der Waals surface area (Å²) >= 11 is 0. The van der Waals surface area contributed by atoms with E-state index in [2.05, 4.69) is 5.10 Å². The van der Waals surface area contributed by atoms with Gasteiger partial charge in [-0.3, -0.25) is 9.48 Å². The summed E-state index contributed by atoms with van der Waals surface area (Å²) in [5.74, 6) is -0.0818. The summed E-state index contributed by atoms with van der Waals surface area (Å²) in [7, 11) is 1.92. The van der Waals surface area contributed by atoms with Crippen molar-refractivity contribution >= 4 is 5.91 Å². The van der Waals surface area contributed by atoms with Crippen LogP contribution in [0.15, 0.2) is 24.3 Å². The number of aromatic nitrogens is 2. The Balaban J connectivity index is 1.63. The smallest absolute Gasteiger partial charge is 0.223 e. The van der Waals surface area contributed by atoms with Crippen LogP contribution < -0.4 is 0 Å². The van der Waals surface area contributed by atoms with E-state index in [4.69, 9.17) is 0 Å². The third-order valence-electron chi connectivity index (χ3n) is 4.84. The van der Waals surface area contributed by atoms with Gasteiger partial charge in [0.2, 0.25) is 5.91 Å². The first kappa shape index (κ1) is 15.7. The fourth-order valence-electron chi connectivity index (χ4n) is 3.27. The normalized spacial score (nSPS) is 17.2. The second-order valence-electron chi connectivity index (χ2n) is 6.22. The number of hydrogen-bond donors (Lipinski definition) is 0. The lowest BCUT2D eigenvalue weighted by Crippen LogP contribution is -2.45. The number of benzene rings is 1. The van der Waals surface area contributed by atoms with Gasteiger partial charge >= 0.3 is 0 Å². The van der Waals surface area contributed by atoms with Crippen LogP contribution in [0.4, 0.5) is 4.39 Å². The number of aryl methyl sites for hydroxylation is 2. The van der Waals surface area contributed by atoms with Crippen molar-refractivity contribution in [3.63, 3.8) is 0 Å². The van der Waals surface area contributed by atoms with E-state index >= 15 is 0 Å². The summed E-state index contributed by atoms with van der Waals surface area (Å²) in [6.45, 7) is 4.80. The summed E-state index contributed by atoms with van der Waals surface area (Å²) in [5.41, 5.74) is 4.30.